The average Bonchev–Trinajstić information content (AvgIpc) is 2.47. The van der Waals surface area contributed by atoms with Crippen LogP contribution in [0.25, 0.3) is 0 Å². The van der Waals surface area contributed by atoms with Crippen molar-refractivity contribution < 1.29 is 4.74 Å². The molecule has 0 atom stereocenters. The summed E-state index contributed by atoms with van der Waals surface area (Å²) >= 11 is 0. The van der Waals surface area contributed by atoms with E-state index in [4.69, 9.17) is 10.5 Å². The third kappa shape index (κ3) is 4.55. The number of ether oxygens (including phenoxy) is 1. The number of likely N-dealkylation sites (N-methyl/N-ethyl adjacent to an activating group) is 1. The molecular formula is C16H21N3O. The maximum Gasteiger partial charge on any atom is 0.121 e. The summed E-state index contributed by atoms with van der Waals surface area (Å²) in [7, 11) is 0. The number of nitrogen functional groups attached to an aromatic ring is 1. The van der Waals surface area contributed by atoms with Gasteiger partial charge in [-0.2, -0.15) is 0 Å². The molecule has 2 rings (SSSR count). The molecule has 2 aromatic rings. The molecule has 0 aliphatic rings. The quantitative estimate of drug-likeness (QED) is 0.786. The molecule has 0 fully saturated rings. The van der Waals surface area contributed by atoms with E-state index < -0.39 is 0 Å². The van der Waals surface area contributed by atoms with Crippen LogP contribution >= 0.6 is 0 Å². The summed E-state index contributed by atoms with van der Waals surface area (Å²) in [5.74, 6) is 0.818. The largest absolute Gasteiger partial charge is 0.492 e. The Labute approximate surface area is 120 Å². The first-order valence-electron chi connectivity index (χ1n) is 6.88. The van der Waals surface area contributed by atoms with E-state index in [1.54, 1.807) is 0 Å². The molecule has 20 heavy (non-hydrogen) atoms. The van der Waals surface area contributed by atoms with E-state index in [0.29, 0.717) is 6.61 Å². The van der Waals surface area contributed by atoms with Crippen LogP contribution in [0.3, 0.4) is 0 Å². The lowest BCUT2D eigenvalue weighted by atomic mass is 10.3. The Kier molecular flexibility index (Phi) is 5.38. The number of pyridine rings is 1. The van der Waals surface area contributed by atoms with Gasteiger partial charge in [0.25, 0.3) is 0 Å². The third-order valence-corrected chi connectivity index (χ3v) is 3.09. The molecule has 0 aliphatic heterocycles. The van der Waals surface area contributed by atoms with E-state index in [1.165, 1.54) is 0 Å². The second-order valence-corrected chi connectivity index (χ2v) is 4.61. The molecule has 0 aliphatic carbocycles. The molecule has 0 saturated heterocycles. The normalized spacial score (nSPS) is 10.7. The molecule has 0 spiro atoms. The maximum absolute atomic E-state index is 5.72. The van der Waals surface area contributed by atoms with Gasteiger partial charge in [0, 0.05) is 31.0 Å². The van der Waals surface area contributed by atoms with Crippen LogP contribution in [-0.2, 0) is 6.54 Å². The summed E-state index contributed by atoms with van der Waals surface area (Å²) in [5.41, 5.74) is 7.53. The first kappa shape index (κ1) is 14.3. The summed E-state index contributed by atoms with van der Waals surface area (Å²) in [6, 6.07) is 13.5. The molecule has 0 bridgehead atoms. The minimum atomic E-state index is 0.643. The van der Waals surface area contributed by atoms with Gasteiger partial charge in [0.15, 0.2) is 0 Å². The van der Waals surface area contributed by atoms with Crippen molar-refractivity contribution in [2.75, 3.05) is 25.4 Å². The smallest absolute Gasteiger partial charge is 0.121 e. The molecular weight excluding hydrogens is 250 g/mol. The topological polar surface area (TPSA) is 51.4 Å². The second kappa shape index (κ2) is 7.50. The van der Waals surface area contributed by atoms with Gasteiger partial charge in [0.05, 0.1) is 5.69 Å². The molecule has 1 aromatic heterocycles. The molecule has 4 nitrogen and oxygen atoms in total. The third-order valence-electron chi connectivity index (χ3n) is 3.09. The van der Waals surface area contributed by atoms with Gasteiger partial charge >= 0.3 is 0 Å². The van der Waals surface area contributed by atoms with Crippen LogP contribution in [0, 0.1) is 0 Å². The van der Waals surface area contributed by atoms with Crippen LogP contribution in [0.4, 0.5) is 5.69 Å². The standard InChI is InChI=1S/C16H21N3O/c1-2-19(13-15-7-3-4-9-18-15)10-11-20-16-8-5-6-14(17)12-16/h3-9,12H,2,10-11,13,17H2,1H3. The Balaban J connectivity index is 1.79. The highest BCUT2D eigenvalue weighted by Crippen LogP contribution is 2.14. The van der Waals surface area contributed by atoms with Gasteiger partial charge in [-0.3, -0.25) is 9.88 Å². The van der Waals surface area contributed by atoms with Crippen molar-refractivity contribution in [1.29, 1.82) is 0 Å². The number of nitrogens with zero attached hydrogens (tertiary/aromatic N) is 2. The molecule has 106 valence electrons. The van der Waals surface area contributed by atoms with Gasteiger partial charge in [0.2, 0.25) is 0 Å². The van der Waals surface area contributed by atoms with Gasteiger partial charge in [-0.1, -0.05) is 19.1 Å². The van der Waals surface area contributed by atoms with Gasteiger partial charge in [-0.05, 0) is 30.8 Å². The second-order valence-electron chi connectivity index (χ2n) is 4.61. The molecule has 1 aromatic carbocycles. The molecule has 0 saturated carbocycles. The Morgan fingerprint density at radius 1 is 1.20 bits per heavy atom. The highest BCUT2D eigenvalue weighted by Gasteiger charge is 2.04. The summed E-state index contributed by atoms with van der Waals surface area (Å²) in [4.78, 5) is 6.65. The average molecular weight is 271 g/mol. The van der Waals surface area contributed by atoms with E-state index in [-0.39, 0.29) is 0 Å². The monoisotopic (exact) mass is 271 g/mol. The Bertz CT molecular complexity index is 516. The van der Waals surface area contributed by atoms with Crippen molar-refractivity contribution in [2.24, 2.45) is 0 Å². The predicted octanol–water partition coefficient (Wildman–Crippen LogP) is 2.56. The minimum Gasteiger partial charge on any atom is -0.492 e. The van der Waals surface area contributed by atoms with Crippen LogP contribution < -0.4 is 10.5 Å². The van der Waals surface area contributed by atoms with Crippen molar-refractivity contribution in [3.05, 3.63) is 54.4 Å². The van der Waals surface area contributed by atoms with E-state index in [2.05, 4.69) is 16.8 Å². The summed E-state index contributed by atoms with van der Waals surface area (Å²) in [6.07, 6.45) is 1.83. The molecule has 0 unspecified atom stereocenters. The number of hydrogen-bond donors (Lipinski definition) is 1. The fraction of sp³-hybridized carbons (Fsp3) is 0.312. The summed E-state index contributed by atoms with van der Waals surface area (Å²) < 4.78 is 5.71. The molecule has 2 N–H and O–H groups in total. The van der Waals surface area contributed by atoms with Crippen molar-refractivity contribution >= 4 is 5.69 Å². The summed E-state index contributed by atoms with van der Waals surface area (Å²) in [6.45, 7) is 5.46. The van der Waals surface area contributed by atoms with Crippen molar-refractivity contribution in [2.45, 2.75) is 13.5 Å². The SMILES string of the molecule is CCN(CCOc1cccc(N)c1)Cc1ccccn1. The predicted molar refractivity (Wildman–Crippen MR) is 81.5 cm³/mol. The molecule has 4 heteroatoms. The van der Waals surface area contributed by atoms with Gasteiger partial charge < -0.3 is 10.5 Å². The fourth-order valence-corrected chi connectivity index (χ4v) is 1.97. The van der Waals surface area contributed by atoms with E-state index in [1.807, 2.05) is 48.7 Å². The van der Waals surface area contributed by atoms with Crippen LogP contribution in [0.15, 0.2) is 48.7 Å². The highest BCUT2D eigenvalue weighted by molar-refractivity contribution is 5.43. The lowest BCUT2D eigenvalue weighted by molar-refractivity contribution is 0.208. The Hall–Kier alpha value is -2.07. The van der Waals surface area contributed by atoms with Crippen LogP contribution in [0.1, 0.15) is 12.6 Å². The first-order chi connectivity index (χ1) is 9.78. The number of nitrogens with two attached hydrogens (primary N) is 1. The first-order valence-corrected chi connectivity index (χ1v) is 6.88. The van der Waals surface area contributed by atoms with Gasteiger partial charge in [-0.25, -0.2) is 0 Å². The van der Waals surface area contributed by atoms with E-state index in [9.17, 15) is 0 Å². The van der Waals surface area contributed by atoms with Crippen molar-refractivity contribution in [3.8, 4) is 5.75 Å². The van der Waals surface area contributed by atoms with Crippen LogP contribution in [0.2, 0.25) is 0 Å². The van der Waals surface area contributed by atoms with Crippen molar-refractivity contribution in [1.82, 2.24) is 9.88 Å². The minimum absolute atomic E-state index is 0.643. The van der Waals surface area contributed by atoms with Crippen molar-refractivity contribution in [3.63, 3.8) is 0 Å². The number of aromatic nitrogens is 1. The zero-order chi connectivity index (χ0) is 14.2. The number of benzene rings is 1. The Morgan fingerprint density at radius 3 is 2.80 bits per heavy atom. The number of anilines is 1. The van der Waals surface area contributed by atoms with E-state index in [0.717, 1.165) is 36.8 Å². The highest BCUT2D eigenvalue weighted by atomic mass is 16.5. The molecule has 0 radical (unpaired) electrons. The fourth-order valence-electron chi connectivity index (χ4n) is 1.97. The Morgan fingerprint density at radius 2 is 2.10 bits per heavy atom. The zero-order valence-electron chi connectivity index (χ0n) is 11.8. The van der Waals surface area contributed by atoms with Gasteiger partial charge in [0.1, 0.15) is 12.4 Å². The molecule has 1 heterocycles. The maximum atomic E-state index is 5.72. The van der Waals surface area contributed by atoms with Crippen LogP contribution in [0.5, 0.6) is 5.75 Å². The van der Waals surface area contributed by atoms with Gasteiger partial charge in [-0.15, -0.1) is 0 Å². The lowest BCUT2D eigenvalue weighted by Gasteiger charge is -2.20. The number of rotatable bonds is 7. The lowest BCUT2D eigenvalue weighted by Crippen LogP contribution is -2.28. The molecule has 0 amide bonds. The zero-order valence-corrected chi connectivity index (χ0v) is 11.8. The van der Waals surface area contributed by atoms with Crippen LogP contribution in [-0.4, -0.2) is 29.6 Å². The number of hydrogen-bond acceptors (Lipinski definition) is 4. The summed E-state index contributed by atoms with van der Waals surface area (Å²) in [5, 5.41) is 0. The van der Waals surface area contributed by atoms with E-state index >= 15 is 0 Å².